The van der Waals surface area contributed by atoms with Gasteiger partial charge in [0, 0.05) is 39.4 Å². The molecule has 1 N–H and O–H groups in total. The number of para-hydroxylation sites is 2. The van der Waals surface area contributed by atoms with E-state index in [1.807, 2.05) is 0 Å². The van der Waals surface area contributed by atoms with Crippen molar-refractivity contribution in [1.29, 1.82) is 0 Å². The first-order chi connectivity index (χ1) is 24.5. The number of aromatic nitrogens is 3. The summed E-state index contributed by atoms with van der Waals surface area (Å²) in [6.07, 6.45) is 20.3. The van der Waals surface area contributed by atoms with E-state index in [2.05, 4.69) is 181 Å². The highest BCUT2D eigenvalue weighted by molar-refractivity contribution is 6.02. The highest BCUT2D eigenvalue weighted by Gasteiger charge is 2.43. The third-order valence-corrected chi connectivity index (χ3v) is 12.4. The van der Waals surface area contributed by atoms with Crippen LogP contribution in [0.15, 0.2) is 140 Å². The quantitative estimate of drug-likeness (QED) is 0.192. The number of hydrogen-bond acceptors (Lipinski definition) is 0. The Morgan fingerprint density at radius 3 is 2.42 bits per heavy atom. The fourth-order valence-electron chi connectivity index (χ4n) is 9.89. The Hall–Kier alpha value is -5.28. The van der Waals surface area contributed by atoms with Crippen molar-refractivity contribution < 1.29 is 0 Å². The van der Waals surface area contributed by atoms with Gasteiger partial charge in [-0.05, 0) is 69.9 Å². The lowest BCUT2D eigenvalue weighted by Gasteiger charge is -2.47. The van der Waals surface area contributed by atoms with Gasteiger partial charge in [-0.1, -0.05) is 148 Å². The van der Waals surface area contributed by atoms with E-state index in [1.54, 1.807) is 0 Å². The highest BCUT2D eigenvalue weighted by Crippen LogP contribution is 2.52. The maximum absolute atomic E-state index is 3.99. The van der Waals surface area contributed by atoms with Crippen LogP contribution in [-0.2, 0) is 12.0 Å². The minimum Gasteiger partial charge on any atom is -0.358 e. The third-order valence-electron chi connectivity index (χ3n) is 12.4. The van der Waals surface area contributed by atoms with E-state index in [0.29, 0.717) is 23.8 Å². The van der Waals surface area contributed by atoms with Crippen LogP contribution >= 0.6 is 0 Å². The number of nitrogens with zero attached hydrogens (tertiary/aromatic N) is 2. The molecule has 50 heavy (non-hydrogen) atoms. The molecular weight excluding hydrogens is 607 g/mol. The van der Waals surface area contributed by atoms with Gasteiger partial charge in [0.1, 0.15) is 0 Å². The molecular formula is C47H43N3. The minimum absolute atomic E-state index is 0.203. The third kappa shape index (κ3) is 4.22. The van der Waals surface area contributed by atoms with Crippen molar-refractivity contribution in [3.8, 4) is 0 Å². The van der Waals surface area contributed by atoms with E-state index in [1.165, 1.54) is 66.6 Å². The van der Waals surface area contributed by atoms with E-state index in [0.717, 1.165) is 13.0 Å². The van der Waals surface area contributed by atoms with Crippen LogP contribution in [-0.4, -0.2) is 14.3 Å². The van der Waals surface area contributed by atoms with Crippen LogP contribution in [0, 0.1) is 11.8 Å². The average Bonchev–Trinajstić information content (AvgIpc) is 3.52. The van der Waals surface area contributed by atoms with Crippen molar-refractivity contribution in [1.82, 2.24) is 14.3 Å². The first-order valence-electron chi connectivity index (χ1n) is 18.4. The van der Waals surface area contributed by atoms with Crippen LogP contribution in [0.1, 0.15) is 78.6 Å². The monoisotopic (exact) mass is 649 g/mol. The van der Waals surface area contributed by atoms with Gasteiger partial charge in [0.15, 0.2) is 0 Å². The predicted molar refractivity (Wildman–Crippen MR) is 209 cm³/mol. The standard InChI is InChI=1S/C47H43N3/c1-30-14-7-8-17-34(30)36-18-9-10-20-39(36)47(3)28-33(25-27-38(47)32-15-5-4-6-16-32)35-19-13-21-40-45(35)37-26-24-31(2)44(46(37)48-40)43-29-49-41-22-11-12-23-42(41)50(43)49/h4-13,15-28,30-31,38,43-44,48H,14,29H2,1-3H3/t30?,31?,38?,43-,44?,47?/m1/s1. The van der Waals surface area contributed by atoms with Gasteiger partial charge in [-0.25, -0.2) is 0 Å². The Morgan fingerprint density at radius 1 is 0.780 bits per heavy atom. The van der Waals surface area contributed by atoms with Crippen molar-refractivity contribution in [2.75, 3.05) is 0 Å². The number of fused-ring (bicyclic) bond motifs is 7. The zero-order valence-corrected chi connectivity index (χ0v) is 29.1. The van der Waals surface area contributed by atoms with Gasteiger partial charge in [0.2, 0.25) is 0 Å². The SMILES string of the molecule is CC1CC=CC=C1c1ccccc1C1(C)C=C(c2cccc3[nH]c4c(c23)C=CC(C)C4[C@H]2Cn3c4ccccc4n32)C=CC1c1ccccc1. The molecule has 3 nitrogen and oxygen atoms in total. The molecule has 246 valence electrons. The lowest BCUT2D eigenvalue weighted by molar-refractivity contribution is 0.160. The second kappa shape index (κ2) is 11.1. The van der Waals surface area contributed by atoms with Gasteiger partial charge in [-0.2, -0.15) is 0 Å². The largest absolute Gasteiger partial charge is 0.358 e. The molecule has 0 fully saturated rings. The molecule has 0 amide bonds. The molecule has 6 aromatic rings. The summed E-state index contributed by atoms with van der Waals surface area (Å²) in [6.45, 7) is 8.29. The van der Waals surface area contributed by atoms with Crippen LogP contribution in [0.4, 0.5) is 0 Å². The Kier molecular flexibility index (Phi) is 6.59. The van der Waals surface area contributed by atoms with E-state index in [9.17, 15) is 0 Å². The van der Waals surface area contributed by atoms with Crippen LogP contribution < -0.4 is 0 Å². The van der Waals surface area contributed by atoms with Crippen LogP contribution in [0.25, 0.3) is 39.2 Å². The van der Waals surface area contributed by atoms with Gasteiger partial charge in [0.25, 0.3) is 0 Å². The predicted octanol–water partition coefficient (Wildman–Crippen LogP) is 11.6. The summed E-state index contributed by atoms with van der Waals surface area (Å²) in [5.74, 6) is 1.53. The van der Waals surface area contributed by atoms with Crippen molar-refractivity contribution in [3.05, 3.63) is 173 Å². The molecule has 0 bridgehead atoms. The molecule has 4 aliphatic rings. The Morgan fingerprint density at radius 2 is 1.56 bits per heavy atom. The summed E-state index contributed by atoms with van der Waals surface area (Å²) in [5, 5.41) is 1.34. The van der Waals surface area contributed by atoms with Crippen LogP contribution in [0.3, 0.4) is 0 Å². The molecule has 4 aromatic carbocycles. The van der Waals surface area contributed by atoms with Gasteiger partial charge in [0.05, 0.1) is 23.6 Å². The van der Waals surface area contributed by atoms with Crippen molar-refractivity contribution in [3.63, 3.8) is 0 Å². The molecule has 0 radical (unpaired) electrons. The molecule has 3 heteroatoms. The Labute approximate surface area is 294 Å². The van der Waals surface area contributed by atoms with Gasteiger partial charge >= 0.3 is 0 Å². The smallest absolute Gasteiger partial charge is 0.0830 e. The summed E-state index contributed by atoms with van der Waals surface area (Å²) >= 11 is 0. The first-order valence-corrected chi connectivity index (χ1v) is 18.4. The summed E-state index contributed by atoms with van der Waals surface area (Å²) in [6, 6.07) is 36.4. The number of benzene rings is 4. The number of hydrogen-bond donors (Lipinski definition) is 1. The number of allylic oxidation sites excluding steroid dienone is 9. The Bertz CT molecular complexity index is 2450. The zero-order valence-electron chi connectivity index (χ0n) is 29.1. The fourth-order valence-corrected chi connectivity index (χ4v) is 9.89. The second-order valence-corrected chi connectivity index (χ2v) is 15.3. The highest BCUT2D eigenvalue weighted by atomic mass is 15.5. The minimum atomic E-state index is -0.268. The molecule has 2 aromatic heterocycles. The maximum Gasteiger partial charge on any atom is 0.0830 e. The zero-order chi connectivity index (χ0) is 33.6. The normalized spacial score (nSPS) is 26.8. The molecule has 6 atom stereocenters. The molecule has 3 heterocycles. The molecule has 0 saturated heterocycles. The van der Waals surface area contributed by atoms with Crippen molar-refractivity contribution >= 4 is 39.2 Å². The van der Waals surface area contributed by atoms with Gasteiger partial charge in [-0.3, -0.25) is 9.36 Å². The molecule has 3 aliphatic carbocycles. The molecule has 0 spiro atoms. The molecule has 5 unspecified atom stereocenters. The van der Waals surface area contributed by atoms with E-state index in [-0.39, 0.29) is 11.3 Å². The lowest BCUT2D eigenvalue weighted by atomic mass is 9.63. The van der Waals surface area contributed by atoms with Crippen molar-refractivity contribution in [2.24, 2.45) is 11.8 Å². The summed E-state index contributed by atoms with van der Waals surface area (Å²) < 4.78 is 4.97. The summed E-state index contributed by atoms with van der Waals surface area (Å²) in [7, 11) is 0. The first kappa shape index (κ1) is 29.6. The molecule has 10 rings (SSSR count). The number of rotatable bonds is 5. The lowest BCUT2D eigenvalue weighted by Crippen LogP contribution is -2.45. The number of H-pyrrole nitrogens is 1. The van der Waals surface area contributed by atoms with E-state index < -0.39 is 0 Å². The average molecular weight is 650 g/mol. The van der Waals surface area contributed by atoms with Crippen LogP contribution in [0.5, 0.6) is 0 Å². The fraction of sp³-hybridized carbons (Fsp3) is 0.234. The molecule has 1 aliphatic heterocycles. The summed E-state index contributed by atoms with van der Waals surface area (Å²) in [5.41, 5.74) is 14.6. The summed E-state index contributed by atoms with van der Waals surface area (Å²) in [4.78, 5) is 3.99. The number of nitrogens with one attached hydrogen (secondary N) is 1. The van der Waals surface area contributed by atoms with Crippen molar-refractivity contribution in [2.45, 2.75) is 57.0 Å². The topological polar surface area (TPSA) is 25.6 Å². The van der Waals surface area contributed by atoms with Crippen LogP contribution in [0.2, 0.25) is 0 Å². The maximum atomic E-state index is 3.99. The van der Waals surface area contributed by atoms with Gasteiger partial charge < -0.3 is 4.98 Å². The second-order valence-electron chi connectivity index (χ2n) is 15.3. The van der Waals surface area contributed by atoms with Gasteiger partial charge in [-0.15, -0.1) is 0 Å². The van der Waals surface area contributed by atoms with E-state index in [4.69, 9.17) is 0 Å². The number of aromatic amines is 1. The Balaban J connectivity index is 1.13. The molecule has 0 saturated carbocycles. The van der Waals surface area contributed by atoms with E-state index >= 15 is 0 Å².